The fraction of sp³-hybridized carbons (Fsp3) is 0.333. The summed E-state index contributed by atoms with van der Waals surface area (Å²) >= 11 is 0. The second-order valence-corrected chi connectivity index (χ2v) is 10.1. The molecule has 0 saturated heterocycles. The zero-order valence-electron chi connectivity index (χ0n) is 20.8. The van der Waals surface area contributed by atoms with Crippen molar-refractivity contribution < 1.29 is 32.8 Å². The molecule has 7 nitrogen and oxygen atoms in total. The van der Waals surface area contributed by atoms with Crippen LogP contribution in [0.25, 0.3) is 0 Å². The summed E-state index contributed by atoms with van der Waals surface area (Å²) in [5.41, 5.74) is 0.781. The van der Waals surface area contributed by atoms with Gasteiger partial charge in [0.2, 0.25) is 9.84 Å². The third-order valence-corrected chi connectivity index (χ3v) is 7.97. The number of methoxy groups -OCH3 is 2. The first kappa shape index (κ1) is 28.3. The molecule has 190 valence electrons. The zero-order valence-corrected chi connectivity index (χ0v) is 21.6. The number of ether oxygens (including phenoxy) is 3. The van der Waals surface area contributed by atoms with Gasteiger partial charge in [-0.3, -0.25) is 0 Å². The van der Waals surface area contributed by atoms with Gasteiger partial charge in [-0.05, 0) is 31.5 Å². The van der Waals surface area contributed by atoms with Crippen LogP contribution in [0.15, 0.2) is 78.9 Å². The van der Waals surface area contributed by atoms with E-state index < -0.39 is 19.7 Å². The van der Waals surface area contributed by atoms with E-state index in [0.29, 0.717) is 5.56 Å². The summed E-state index contributed by atoms with van der Waals surface area (Å²) in [4.78, 5) is 0. The molecule has 0 aliphatic heterocycles. The van der Waals surface area contributed by atoms with Gasteiger partial charge in [-0.2, -0.15) is 0 Å². The van der Waals surface area contributed by atoms with Gasteiger partial charge in [-0.1, -0.05) is 66.7 Å². The number of hydrogen-bond donors (Lipinski definition) is 2. The highest BCUT2D eigenvalue weighted by Gasteiger charge is 2.58. The maximum absolute atomic E-state index is 14.0. The highest BCUT2D eigenvalue weighted by molar-refractivity contribution is 7.93. The van der Waals surface area contributed by atoms with Crippen LogP contribution in [0, 0.1) is 0 Å². The maximum atomic E-state index is 14.0. The van der Waals surface area contributed by atoms with Gasteiger partial charge in [0.15, 0.2) is 4.75 Å². The molecule has 0 radical (unpaired) electrons. The Labute approximate surface area is 207 Å². The first-order valence-electron chi connectivity index (χ1n) is 11.2. The highest BCUT2D eigenvalue weighted by atomic mass is 32.2. The largest absolute Gasteiger partial charge is 0.496 e. The second kappa shape index (κ2) is 12.2. The van der Waals surface area contributed by atoms with E-state index in [1.807, 2.05) is 13.8 Å². The molecule has 2 N–H and O–H groups in total. The molecule has 0 aliphatic rings. The van der Waals surface area contributed by atoms with Gasteiger partial charge in [0.1, 0.15) is 11.5 Å². The Morgan fingerprint density at radius 3 is 1.46 bits per heavy atom. The second-order valence-electron chi connectivity index (χ2n) is 7.67. The number of aliphatic hydroxyl groups is 2. The fourth-order valence-corrected chi connectivity index (χ4v) is 5.88. The lowest BCUT2D eigenvalue weighted by atomic mass is 9.83. The van der Waals surface area contributed by atoms with Gasteiger partial charge < -0.3 is 24.4 Å². The van der Waals surface area contributed by atoms with Crippen LogP contribution in [0.2, 0.25) is 0 Å². The summed E-state index contributed by atoms with van der Waals surface area (Å²) in [5.74, 6) is 0.556. The van der Waals surface area contributed by atoms with Crippen LogP contribution in [0.1, 0.15) is 37.5 Å². The molecule has 0 spiro atoms. The molecule has 0 saturated carbocycles. The van der Waals surface area contributed by atoms with Gasteiger partial charge >= 0.3 is 0 Å². The number of para-hydroxylation sites is 2. The standard InChI is InChI=1S/C23H24O6S.C4H10O/c1-22(24,25)30(26,27)23(17-11-5-4-6-12-17,18-13-7-9-15-20(18)28-2)19-14-8-10-16-21(19)29-3;1-3-5-4-2/h4-16,24-25H,1-3H3;3-4H2,1-2H3. The van der Waals surface area contributed by atoms with Crippen molar-refractivity contribution in [1.82, 2.24) is 0 Å². The summed E-state index contributed by atoms with van der Waals surface area (Å²) < 4.78 is 41.8. The Morgan fingerprint density at radius 2 is 1.11 bits per heavy atom. The van der Waals surface area contributed by atoms with E-state index in [1.54, 1.807) is 78.9 Å². The highest BCUT2D eigenvalue weighted by Crippen LogP contribution is 2.52. The lowest BCUT2D eigenvalue weighted by Crippen LogP contribution is -2.50. The zero-order chi connectivity index (χ0) is 26.1. The number of benzene rings is 3. The summed E-state index contributed by atoms with van der Waals surface area (Å²) in [6.45, 7) is 6.50. The number of sulfone groups is 1. The van der Waals surface area contributed by atoms with Crippen molar-refractivity contribution in [1.29, 1.82) is 0 Å². The van der Waals surface area contributed by atoms with Gasteiger partial charge in [0.05, 0.1) is 14.2 Å². The Balaban J connectivity index is 0.000000784. The van der Waals surface area contributed by atoms with Crippen LogP contribution in [-0.2, 0) is 19.3 Å². The topological polar surface area (TPSA) is 102 Å². The lowest BCUT2D eigenvalue weighted by molar-refractivity contribution is -0.0694. The first-order chi connectivity index (χ1) is 16.6. The minimum absolute atomic E-state index is 0.234. The van der Waals surface area contributed by atoms with Crippen LogP contribution < -0.4 is 9.47 Å². The maximum Gasteiger partial charge on any atom is 0.267 e. The van der Waals surface area contributed by atoms with Crippen LogP contribution in [-0.4, -0.2) is 51.2 Å². The summed E-state index contributed by atoms with van der Waals surface area (Å²) in [6, 6.07) is 21.6. The van der Waals surface area contributed by atoms with E-state index in [9.17, 15) is 18.6 Å². The molecule has 8 heteroatoms. The van der Waals surface area contributed by atoms with Crippen LogP contribution in [0.4, 0.5) is 0 Å². The Morgan fingerprint density at radius 1 is 0.714 bits per heavy atom. The van der Waals surface area contributed by atoms with E-state index in [2.05, 4.69) is 0 Å². The van der Waals surface area contributed by atoms with Crippen molar-refractivity contribution in [3.05, 3.63) is 95.6 Å². The molecule has 0 aliphatic carbocycles. The smallest absolute Gasteiger partial charge is 0.267 e. The third-order valence-electron chi connectivity index (χ3n) is 5.47. The molecule has 3 aromatic rings. The van der Waals surface area contributed by atoms with Gasteiger partial charge in [-0.15, -0.1) is 0 Å². The molecule has 3 aromatic carbocycles. The number of hydrogen-bond acceptors (Lipinski definition) is 7. The van der Waals surface area contributed by atoms with Gasteiger partial charge in [-0.25, -0.2) is 8.42 Å². The number of rotatable bonds is 9. The molecule has 35 heavy (non-hydrogen) atoms. The minimum Gasteiger partial charge on any atom is -0.496 e. The Bertz CT molecular complexity index is 1120. The van der Waals surface area contributed by atoms with Crippen molar-refractivity contribution in [2.75, 3.05) is 27.4 Å². The average Bonchev–Trinajstić information content (AvgIpc) is 2.86. The normalized spacial score (nSPS) is 11.9. The van der Waals surface area contributed by atoms with Crippen molar-refractivity contribution in [3.8, 4) is 11.5 Å². The SMILES string of the molecule is CCOCC.COc1ccccc1C(c1ccccc1)(c1ccccc1OC)S(=O)(=O)C(C)(O)O. The predicted octanol–water partition coefficient (Wildman–Crippen LogP) is 4.11. The molecule has 0 unspecified atom stereocenters. The average molecular weight is 503 g/mol. The fourth-order valence-electron chi connectivity index (χ4n) is 3.94. The molecule has 0 heterocycles. The van der Waals surface area contributed by atoms with Crippen molar-refractivity contribution >= 4 is 9.84 Å². The Kier molecular flexibility index (Phi) is 9.85. The van der Waals surface area contributed by atoms with Gasteiger partial charge in [0.25, 0.3) is 5.12 Å². The molecular formula is C27H34O7S. The molecule has 0 bridgehead atoms. The summed E-state index contributed by atoms with van der Waals surface area (Å²) in [6.07, 6.45) is 0. The molecule has 0 fully saturated rings. The third kappa shape index (κ3) is 5.51. The molecule has 3 rings (SSSR count). The van der Waals surface area contributed by atoms with E-state index in [-0.39, 0.29) is 22.6 Å². The van der Waals surface area contributed by atoms with E-state index in [4.69, 9.17) is 14.2 Å². The van der Waals surface area contributed by atoms with E-state index >= 15 is 0 Å². The molecule has 0 amide bonds. The lowest BCUT2D eigenvalue weighted by Gasteiger charge is -2.39. The van der Waals surface area contributed by atoms with Crippen LogP contribution >= 0.6 is 0 Å². The summed E-state index contributed by atoms with van der Waals surface area (Å²) in [5, 5.41) is 17.9. The van der Waals surface area contributed by atoms with Crippen molar-refractivity contribution in [2.45, 2.75) is 30.6 Å². The first-order valence-corrected chi connectivity index (χ1v) is 12.7. The van der Waals surface area contributed by atoms with E-state index in [0.717, 1.165) is 20.1 Å². The van der Waals surface area contributed by atoms with Crippen molar-refractivity contribution in [2.24, 2.45) is 0 Å². The minimum atomic E-state index is -4.77. The molecule has 0 aromatic heterocycles. The summed E-state index contributed by atoms with van der Waals surface area (Å²) in [7, 11) is -1.91. The Hall–Kier alpha value is -2.91. The predicted molar refractivity (Wildman–Crippen MR) is 136 cm³/mol. The molecular weight excluding hydrogens is 468 g/mol. The van der Waals surface area contributed by atoms with Crippen LogP contribution in [0.3, 0.4) is 0 Å². The van der Waals surface area contributed by atoms with E-state index in [1.165, 1.54) is 14.2 Å². The monoisotopic (exact) mass is 502 g/mol. The molecule has 0 atom stereocenters. The van der Waals surface area contributed by atoms with Crippen molar-refractivity contribution in [3.63, 3.8) is 0 Å². The quantitative estimate of drug-likeness (QED) is 0.335. The van der Waals surface area contributed by atoms with Gasteiger partial charge in [0, 0.05) is 31.3 Å². The van der Waals surface area contributed by atoms with Crippen LogP contribution in [0.5, 0.6) is 11.5 Å².